The summed E-state index contributed by atoms with van der Waals surface area (Å²) >= 11 is 0. The summed E-state index contributed by atoms with van der Waals surface area (Å²) < 4.78 is 0. The third-order valence-corrected chi connectivity index (χ3v) is 1.77. The Bertz CT molecular complexity index is 251. The van der Waals surface area contributed by atoms with Crippen molar-refractivity contribution >= 4 is 17.9 Å². The summed E-state index contributed by atoms with van der Waals surface area (Å²) in [6.07, 6.45) is -0.747. The lowest BCUT2D eigenvalue weighted by Crippen LogP contribution is -2.36. The summed E-state index contributed by atoms with van der Waals surface area (Å²) in [5.74, 6) is -7.10. The molecule has 0 aromatic carbocycles. The summed E-state index contributed by atoms with van der Waals surface area (Å²) in [4.78, 5) is 31.3. The highest BCUT2D eigenvalue weighted by molar-refractivity contribution is 5.83. The lowest BCUT2D eigenvalue weighted by molar-refractivity contribution is -0.156. The molecular formula is C7H11NO6. The SMILES string of the molecule is NCC(C(=O)O)C(CC(=O)O)C(=O)O. The van der Waals surface area contributed by atoms with Gasteiger partial charge in [0, 0.05) is 6.54 Å². The van der Waals surface area contributed by atoms with Crippen LogP contribution in [-0.4, -0.2) is 39.8 Å². The average molecular weight is 205 g/mol. The van der Waals surface area contributed by atoms with Crippen LogP contribution >= 0.6 is 0 Å². The summed E-state index contributed by atoms with van der Waals surface area (Å²) in [5.41, 5.74) is 5.05. The van der Waals surface area contributed by atoms with Gasteiger partial charge in [0.05, 0.1) is 18.3 Å². The predicted octanol–water partition coefficient (Wildman–Crippen LogP) is -1.18. The van der Waals surface area contributed by atoms with Crippen LogP contribution in [0.5, 0.6) is 0 Å². The van der Waals surface area contributed by atoms with Crippen LogP contribution in [0.4, 0.5) is 0 Å². The number of hydrogen-bond acceptors (Lipinski definition) is 4. The largest absolute Gasteiger partial charge is 0.481 e. The number of carboxylic acids is 3. The van der Waals surface area contributed by atoms with Crippen molar-refractivity contribution in [3.05, 3.63) is 0 Å². The van der Waals surface area contributed by atoms with Crippen LogP contribution in [0.15, 0.2) is 0 Å². The lowest BCUT2D eigenvalue weighted by atomic mass is 9.89. The van der Waals surface area contributed by atoms with E-state index in [1.807, 2.05) is 0 Å². The van der Waals surface area contributed by atoms with Crippen LogP contribution in [0, 0.1) is 11.8 Å². The third kappa shape index (κ3) is 3.40. The first kappa shape index (κ1) is 12.4. The highest BCUT2D eigenvalue weighted by atomic mass is 16.4. The Labute approximate surface area is 79.1 Å². The molecule has 0 heterocycles. The van der Waals surface area contributed by atoms with Gasteiger partial charge in [-0.15, -0.1) is 0 Å². The van der Waals surface area contributed by atoms with Gasteiger partial charge in [-0.1, -0.05) is 0 Å². The highest BCUT2D eigenvalue weighted by Gasteiger charge is 2.34. The fourth-order valence-electron chi connectivity index (χ4n) is 1.03. The molecule has 7 nitrogen and oxygen atoms in total. The zero-order valence-electron chi connectivity index (χ0n) is 7.21. The second-order valence-electron chi connectivity index (χ2n) is 2.72. The maximum Gasteiger partial charge on any atom is 0.308 e. The van der Waals surface area contributed by atoms with E-state index in [9.17, 15) is 14.4 Å². The van der Waals surface area contributed by atoms with Crippen LogP contribution < -0.4 is 5.73 Å². The molecule has 0 amide bonds. The van der Waals surface area contributed by atoms with Crippen LogP contribution in [0.1, 0.15) is 6.42 Å². The first-order valence-electron chi connectivity index (χ1n) is 3.77. The van der Waals surface area contributed by atoms with E-state index < -0.39 is 42.7 Å². The van der Waals surface area contributed by atoms with E-state index in [0.717, 1.165) is 0 Å². The van der Waals surface area contributed by atoms with Crippen molar-refractivity contribution in [2.24, 2.45) is 17.6 Å². The minimum absolute atomic E-state index is 0.403. The minimum atomic E-state index is -1.49. The summed E-state index contributed by atoms with van der Waals surface area (Å²) in [7, 11) is 0. The Balaban J connectivity index is 4.69. The first-order valence-corrected chi connectivity index (χ1v) is 3.77. The molecule has 0 aliphatic rings. The van der Waals surface area contributed by atoms with Gasteiger partial charge in [0.25, 0.3) is 0 Å². The third-order valence-electron chi connectivity index (χ3n) is 1.77. The summed E-state index contributed by atoms with van der Waals surface area (Å²) in [6.45, 7) is -0.403. The van der Waals surface area contributed by atoms with E-state index in [1.165, 1.54) is 0 Å². The molecule has 0 spiro atoms. The molecule has 0 saturated heterocycles. The van der Waals surface area contributed by atoms with Gasteiger partial charge in [-0.2, -0.15) is 0 Å². The molecule has 0 bridgehead atoms. The zero-order valence-corrected chi connectivity index (χ0v) is 7.21. The fourth-order valence-corrected chi connectivity index (χ4v) is 1.03. The Morgan fingerprint density at radius 1 is 1.00 bits per heavy atom. The van der Waals surface area contributed by atoms with Crippen LogP contribution in [0.25, 0.3) is 0 Å². The van der Waals surface area contributed by atoms with E-state index in [4.69, 9.17) is 21.1 Å². The Morgan fingerprint density at radius 2 is 1.43 bits per heavy atom. The number of carboxylic acid groups (broad SMARTS) is 3. The molecule has 2 atom stereocenters. The number of nitrogens with two attached hydrogens (primary N) is 1. The van der Waals surface area contributed by atoms with Crippen LogP contribution in [-0.2, 0) is 14.4 Å². The van der Waals surface area contributed by atoms with Gasteiger partial charge in [-0.3, -0.25) is 14.4 Å². The van der Waals surface area contributed by atoms with Gasteiger partial charge < -0.3 is 21.1 Å². The van der Waals surface area contributed by atoms with E-state index >= 15 is 0 Å². The molecular weight excluding hydrogens is 194 g/mol. The van der Waals surface area contributed by atoms with Crippen LogP contribution in [0.2, 0.25) is 0 Å². The second-order valence-corrected chi connectivity index (χ2v) is 2.72. The smallest absolute Gasteiger partial charge is 0.308 e. The van der Waals surface area contributed by atoms with Gasteiger partial charge in [0.2, 0.25) is 0 Å². The van der Waals surface area contributed by atoms with Crippen LogP contribution in [0.3, 0.4) is 0 Å². The molecule has 0 saturated carbocycles. The molecule has 14 heavy (non-hydrogen) atoms. The topological polar surface area (TPSA) is 138 Å². The van der Waals surface area contributed by atoms with Crippen molar-refractivity contribution in [1.29, 1.82) is 0 Å². The van der Waals surface area contributed by atoms with E-state index in [1.54, 1.807) is 0 Å². The Hall–Kier alpha value is -1.63. The van der Waals surface area contributed by atoms with Crippen molar-refractivity contribution in [2.45, 2.75) is 6.42 Å². The average Bonchev–Trinajstić information content (AvgIpc) is 2.02. The number of hydrogen-bond donors (Lipinski definition) is 4. The lowest BCUT2D eigenvalue weighted by Gasteiger charge is -2.16. The molecule has 2 unspecified atom stereocenters. The van der Waals surface area contributed by atoms with E-state index in [-0.39, 0.29) is 0 Å². The maximum absolute atomic E-state index is 10.6. The van der Waals surface area contributed by atoms with Gasteiger partial charge in [0.15, 0.2) is 0 Å². The molecule has 0 aliphatic carbocycles. The fraction of sp³-hybridized carbons (Fsp3) is 0.571. The number of rotatable bonds is 6. The van der Waals surface area contributed by atoms with Gasteiger partial charge in [0.1, 0.15) is 0 Å². The Morgan fingerprint density at radius 3 is 1.64 bits per heavy atom. The van der Waals surface area contributed by atoms with Crippen molar-refractivity contribution in [1.82, 2.24) is 0 Å². The first-order chi connectivity index (χ1) is 6.40. The molecule has 0 aliphatic heterocycles. The number of carbonyl (C=O) groups is 3. The summed E-state index contributed by atoms with van der Waals surface area (Å²) in [5, 5.41) is 25.5. The second kappa shape index (κ2) is 5.18. The van der Waals surface area contributed by atoms with Gasteiger partial charge in [-0.25, -0.2) is 0 Å². The zero-order chi connectivity index (χ0) is 11.3. The molecule has 0 aromatic rings. The molecule has 0 radical (unpaired) electrons. The highest BCUT2D eigenvalue weighted by Crippen LogP contribution is 2.16. The molecule has 0 aromatic heterocycles. The van der Waals surface area contributed by atoms with Crippen molar-refractivity contribution in [3.8, 4) is 0 Å². The van der Waals surface area contributed by atoms with Crippen molar-refractivity contribution < 1.29 is 29.7 Å². The minimum Gasteiger partial charge on any atom is -0.481 e. The van der Waals surface area contributed by atoms with Crippen molar-refractivity contribution in [2.75, 3.05) is 6.54 Å². The Kier molecular flexibility index (Phi) is 4.57. The molecule has 0 rings (SSSR count). The maximum atomic E-state index is 10.6. The molecule has 80 valence electrons. The van der Waals surface area contributed by atoms with Crippen molar-refractivity contribution in [3.63, 3.8) is 0 Å². The predicted molar refractivity (Wildman–Crippen MR) is 43.6 cm³/mol. The van der Waals surface area contributed by atoms with Gasteiger partial charge >= 0.3 is 17.9 Å². The molecule has 0 fully saturated rings. The van der Waals surface area contributed by atoms with E-state index in [0.29, 0.717) is 0 Å². The van der Waals surface area contributed by atoms with Gasteiger partial charge in [-0.05, 0) is 0 Å². The standard InChI is InChI=1S/C7H11NO6/c8-2-4(7(13)14)3(6(11)12)1-5(9)10/h3-4H,1-2,8H2,(H,9,10)(H,11,12)(H,13,14). The molecule has 5 N–H and O–H groups in total. The quantitative estimate of drug-likeness (QED) is 0.428. The molecule has 7 heteroatoms. The summed E-state index contributed by atoms with van der Waals surface area (Å²) in [6, 6.07) is 0. The normalized spacial score (nSPS) is 14.4. The number of aliphatic carboxylic acids is 3. The monoisotopic (exact) mass is 205 g/mol. The van der Waals surface area contributed by atoms with E-state index in [2.05, 4.69) is 0 Å².